The maximum absolute atomic E-state index is 5.97. The Labute approximate surface area is 147 Å². The van der Waals surface area contributed by atoms with E-state index in [2.05, 4.69) is 46.3 Å². The molecule has 1 fully saturated rings. The number of aromatic nitrogens is 3. The van der Waals surface area contributed by atoms with Crippen molar-refractivity contribution in [2.75, 3.05) is 18.0 Å². The number of nitrogens with one attached hydrogen (secondary N) is 1. The zero-order chi connectivity index (χ0) is 17.2. The smallest absolute Gasteiger partial charge is 0.219 e. The zero-order valence-electron chi connectivity index (χ0n) is 14.6. The predicted octanol–water partition coefficient (Wildman–Crippen LogP) is 2.49. The van der Waals surface area contributed by atoms with Crippen molar-refractivity contribution in [3.8, 4) is 5.88 Å². The van der Waals surface area contributed by atoms with Crippen molar-refractivity contribution in [1.82, 2.24) is 19.9 Å². The number of piperazine rings is 1. The van der Waals surface area contributed by atoms with Gasteiger partial charge >= 0.3 is 0 Å². The fourth-order valence-corrected chi connectivity index (χ4v) is 3.23. The molecule has 0 aliphatic carbocycles. The predicted molar refractivity (Wildman–Crippen MR) is 98.0 cm³/mol. The first-order valence-corrected chi connectivity index (χ1v) is 8.72. The average molecular weight is 337 g/mol. The van der Waals surface area contributed by atoms with E-state index in [1.165, 1.54) is 0 Å². The van der Waals surface area contributed by atoms with Crippen LogP contribution in [-0.4, -0.2) is 39.8 Å². The van der Waals surface area contributed by atoms with E-state index in [0.29, 0.717) is 24.6 Å². The summed E-state index contributed by atoms with van der Waals surface area (Å²) in [5.41, 5.74) is 1.93. The molecule has 6 nitrogen and oxygen atoms in total. The van der Waals surface area contributed by atoms with E-state index < -0.39 is 0 Å². The second-order valence-corrected chi connectivity index (χ2v) is 6.64. The van der Waals surface area contributed by atoms with Gasteiger partial charge in [-0.3, -0.25) is 0 Å². The number of rotatable bonds is 4. The summed E-state index contributed by atoms with van der Waals surface area (Å²) >= 11 is 0. The van der Waals surface area contributed by atoms with Crippen molar-refractivity contribution in [2.45, 2.75) is 32.5 Å². The molecule has 0 amide bonds. The third-order valence-corrected chi connectivity index (χ3v) is 4.61. The van der Waals surface area contributed by atoms with E-state index in [1.807, 2.05) is 34.8 Å². The van der Waals surface area contributed by atoms with Gasteiger partial charge in [-0.25, -0.2) is 0 Å². The molecule has 130 valence electrons. The van der Waals surface area contributed by atoms with Crippen LogP contribution in [0.25, 0.3) is 5.65 Å². The van der Waals surface area contributed by atoms with E-state index in [-0.39, 0.29) is 0 Å². The third kappa shape index (κ3) is 3.30. The van der Waals surface area contributed by atoms with Crippen LogP contribution in [0.15, 0.2) is 48.7 Å². The maximum Gasteiger partial charge on any atom is 0.219 e. The lowest BCUT2D eigenvalue weighted by Crippen LogP contribution is -2.55. The van der Waals surface area contributed by atoms with Gasteiger partial charge in [0.15, 0.2) is 5.65 Å². The van der Waals surface area contributed by atoms with Gasteiger partial charge in [0.1, 0.15) is 12.4 Å². The fraction of sp³-hybridized carbons (Fsp3) is 0.368. The van der Waals surface area contributed by atoms with Crippen LogP contribution in [0.2, 0.25) is 0 Å². The average Bonchev–Trinajstić information content (AvgIpc) is 3.11. The molecule has 0 bridgehead atoms. The van der Waals surface area contributed by atoms with Crippen molar-refractivity contribution < 1.29 is 4.74 Å². The Morgan fingerprint density at radius 1 is 1.20 bits per heavy atom. The molecule has 0 saturated carbocycles. The van der Waals surface area contributed by atoms with E-state index in [9.17, 15) is 0 Å². The summed E-state index contributed by atoms with van der Waals surface area (Å²) in [6.07, 6.45) is 1.78. The van der Waals surface area contributed by atoms with Gasteiger partial charge in [0, 0.05) is 37.3 Å². The molecule has 2 aromatic heterocycles. The summed E-state index contributed by atoms with van der Waals surface area (Å²) in [6, 6.07) is 14.9. The molecule has 3 heterocycles. The first kappa shape index (κ1) is 15.9. The van der Waals surface area contributed by atoms with Crippen LogP contribution in [0.1, 0.15) is 19.4 Å². The lowest BCUT2D eigenvalue weighted by molar-refractivity contribution is 0.294. The molecule has 3 aromatic rings. The summed E-state index contributed by atoms with van der Waals surface area (Å²) in [4.78, 5) is 6.96. The summed E-state index contributed by atoms with van der Waals surface area (Å²) in [6.45, 7) is 6.81. The molecule has 1 saturated heterocycles. The standard InChI is InChI=1S/C19H23N5O/c1-14-12-23(15(2)11-20-14)19-10-18(22-17-8-9-21-24(17)19)25-13-16-6-4-3-5-7-16/h3-10,14-15,20H,11-13H2,1-2H3/t14-,15+/m1/s1. The monoisotopic (exact) mass is 337 g/mol. The number of hydrogen-bond acceptors (Lipinski definition) is 5. The highest BCUT2D eigenvalue weighted by molar-refractivity contribution is 5.53. The number of anilines is 1. The highest BCUT2D eigenvalue weighted by Gasteiger charge is 2.25. The van der Waals surface area contributed by atoms with Crippen LogP contribution in [0, 0.1) is 0 Å². The van der Waals surface area contributed by atoms with Gasteiger partial charge in [0.2, 0.25) is 5.88 Å². The Morgan fingerprint density at radius 3 is 2.88 bits per heavy atom. The minimum Gasteiger partial charge on any atom is -0.473 e. The van der Waals surface area contributed by atoms with Crippen molar-refractivity contribution in [3.05, 3.63) is 54.2 Å². The molecular formula is C19H23N5O. The Balaban J connectivity index is 1.65. The Morgan fingerprint density at radius 2 is 2.04 bits per heavy atom. The van der Waals surface area contributed by atoms with Crippen LogP contribution >= 0.6 is 0 Å². The third-order valence-electron chi connectivity index (χ3n) is 4.61. The normalized spacial score (nSPS) is 20.8. The Hall–Kier alpha value is -2.60. The highest BCUT2D eigenvalue weighted by atomic mass is 16.5. The van der Waals surface area contributed by atoms with Crippen LogP contribution in [0.4, 0.5) is 5.82 Å². The second-order valence-electron chi connectivity index (χ2n) is 6.64. The topological polar surface area (TPSA) is 54.7 Å². The maximum atomic E-state index is 5.97. The van der Waals surface area contributed by atoms with Crippen LogP contribution in [0.3, 0.4) is 0 Å². The van der Waals surface area contributed by atoms with E-state index in [1.54, 1.807) is 6.20 Å². The van der Waals surface area contributed by atoms with Crippen molar-refractivity contribution in [3.63, 3.8) is 0 Å². The second kappa shape index (κ2) is 6.72. The number of ether oxygens (including phenoxy) is 1. The van der Waals surface area contributed by atoms with Gasteiger partial charge in [0.25, 0.3) is 0 Å². The summed E-state index contributed by atoms with van der Waals surface area (Å²) in [5.74, 6) is 1.66. The summed E-state index contributed by atoms with van der Waals surface area (Å²) in [5, 5.41) is 7.97. The SMILES string of the molecule is C[C@@H]1CN(c2cc(OCc3ccccc3)nc3ccnn23)[C@@H](C)CN1. The molecule has 1 aliphatic heterocycles. The van der Waals surface area contributed by atoms with Gasteiger partial charge in [0.05, 0.1) is 6.20 Å². The minimum absolute atomic E-state index is 0.382. The molecule has 25 heavy (non-hydrogen) atoms. The van der Waals surface area contributed by atoms with Crippen LogP contribution < -0.4 is 15.0 Å². The highest BCUT2D eigenvalue weighted by Crippen LogP contribution is 2.25. The molecule has 4 rings (SSSR count). The van der Waals surface area contributed by atoms with Crippen molar-refractivity contribution in [2.24, 2.45) is 0 Å². The van der Waals surface area contributed by atoms with Crippen LogP contribution in [-0.2, 0) is 6.61 Å². The molecule has 0 radical (unpaired) electrons. The molecule has 1 N–H and O–H groups in total. The van der Waals surface area contributed by atoms with Gasteiger partial charge in [-0.15, -0.1) is 0 Å². The molecule has 0 unspecified atom stereocenters. The van der Waals surface area contributed by atoms with Crippen molar-refractivity contribution in [1.29, 1.82) is 0 Å². The van der Waals surface area contributed by atoms with Gasteiger partial charge in [-0.05, 0) is 19.4 Å². The lowest BCUT2D eigenvalue weighted by Gasteiger charge is -2.39. The lowest BCUT2D eigenvalue weighted by atomic mass is 10.1. The zero-order valence-corrected chi connectivity index (χ0v) is 14.6. The molecule has 6 heteroatoms. The summed E-state index contributed by atoms with van der Waals surface area (Å²) < 4.78 is 7.86. The molecule has 0 spiro atoms. The summed E-state index contributed by atoms with van der Waals surface area (Å²) in [7, 11) is 0. The fourth-order valence-electron chi connectivity index (χ4n) is 3.23. The first-order chi connectivity index (χ1) is 12.2. The van der Waals surface area contributed by atoms with E-state index >= 15 is 0 Å². The quantitative estimate of drug-likeness (QED) is 0.793. The molecule has 2 atom stereocenters. The van der Waals surface area contributed by atoms with Gasteiger partial charge in [-0.1, -0.05) is 30.3 Å². The number of nitrogens with zero attached hydrogens (tertiary/aromatic N) is 4. The number of fused-ring (bicyclic) bond motifs is 1. The molecule has 1 aliphatic rings. The molecule has 1 aromatic carbocycles. The number of benzene rings is 1. The molecular weight excluding hydrogens is 314 g/mol. The Bertz CT molecular complexity index is 847. The minimum atomic E-state index is 0.382. The Kier molecular flexibility index (Phi) is 4.28. The van der Waals surface area contributed by atoms with Gasteiger partial charge in [-0.2, -0.15) is 14.6 Å². The number of hydrogen-bond donors (Lipinski definition) is 1. The van der Waals surface area contributed by atoms with E-state index in [0.717, 1.165) is 30.1 Å². The van der Waals surface area contributed by atoms with Crippen LogP contribution in [0.5, 0.6) is 5.88 Å². The van der Waals surface area contributed by atoms with E-state index in [4.69, 9.17) is 4.74 Å². The first-order valence-electron chi connectivity index (χ1n) is 8.72. The van der Waals surface area contributed by atoms with Gasteiger partial charge < -0.3 is 15.0 Å². The van der Waals surface area contributed by atoms with Crippen molar-refractivity contribution >= 4 is 11.5 Å². The largest absolute Gasteiger partial charge is 0.473 e.